The molecule has 116 valence electrons. The van der Waals surface area contributed by atoms with Gasteiger partial charge in [-0.05, 0) is 28.7 Å². The third kappa shape index (κ3) is 1.79. The van der Waals surface area contributed by atoms with Crippen molar-refractivity contribution in [3.8, 4) is 0 Å². The standard InChI is InChI=1S/C19H18N2O2/c1-20-12-17(21(2)18(20)22)19(23)15-9-5-3-7-13(15)11-14-8-4-6-10-16(14)19/h3-10,12,23H,11H2,1-2H3. The summed E-state index contributed by atoms with van der Waals surface area (Å²) in [4.78, 5) is 12.2. The Morgan fingerprint density at radius 1 is 0.957 bits per heavy atom. The number of aryl methyl sites for hydroxylation is 1. The fourth-order valence-corrected chi connectivity index (χ4v) is 3.68. The van der Waals surface area contributed by atoms with Gasteiger partial charge in [0.1, 0.15) is 0 Å². The maximum absolute atomic E-state index is 12.2. The molecule has 1 heterocycles. The van der Waals surface area contributed by atoms with E-state index in [0.29, 0.717) is 5.69 Å². The lowest BCUT2D eigenvalue weighted by atomic mass is 9.73. The molecule has 2 aromatic carbocycles. The van der Waals surface area contributed by atoms with Crippen molar-refractivity contribution >= 4 is 0 Å². The van der Waals surface area contributed by atoms with Gasteiger partial charge in [-0.2, -0.15) is 0 Å². The molecule has 3 aromatic rings. The van der Waals surface area contributed by atoms with Crippen molar-refractivity contribution in [2.24, 2.45) is 14.1 Å². The van der Waals surface area contributed by atoms with Crippen LogP contribution in [0.25, 0.3) is 0 Å². The zero-order valence-corrected chi connectivity index (χ0v) is 13.2. The lowest BCUT2D eigenvalue weighted by Crippen LogP contribution is -2.37. The molecule has 0 spiro atoms. The van der Waals surface area contributed by atoms with E-state index in [-0.39, 0.29) is 5.69 Å². The first-order valence-electron chi connectivity index (χ1n) is 7.65. The highest BCUT2D eigenvalue weighted by Crippen LogP contribution is 2.43. The van der Waals surface area contributed by atoms with Gasteiger partial charge in [0, 0.05) is 20.3 Å². The number of rotatable bonds is 1. The van der Waals surface area contributed by atoms with E-state index in [1.165, 1.54) is 9.13 Å². The van der Waals surface area contributed by atoms with Crippen LogP contribution in [0, 0.1) is 0 Å². The van der Waals surface area contributed by atoms with E-state index >= 15 is 0 Å². The Labute approximate surface area is 134 Å². The second-order valence-corrected chi connectivity index (χ2v) is 6.17. The summed E-state index contributed by atoms with van der Waals surface area (Å²) in [5.74, 6) is 0. The number of hydrogen-bond acceptors (Lipinski definition) is 2. The Balaban J connectivity index is 2.11. The molecule has 0 bridgehead atoms. The summed E-state index contributed by atoms with van der Waals surface area (Å²) >= 11 is 0. The van der Waals surface area contributed by atoms with Gasteiger partial charge in [-0.15, -0.1) is 0 Å². The molecule has 0 saturated heterocycles. The second kappa shape index (κ2) is 4.70. The van der Waals surface area contributed by atoms with Crippen LogP contribution in [0.4, 0.5) is 0 Å². The summed E-state index contributed by atoms with van der Waals surface area (Å²) in [7, 11) is 3.41. The molecular formula is C19H18N2O2. The Bertz CT molecular complexity index is 920. The number of fused-ring (bicyclic) bond motifs is 2. The van der Waals surface area contributed by atoms with E-state index in [1.807, 2.05) is 48.5 Å². The molecule has 0 radical (unpaired) electrons. The van der Waals surface area contributed by atoms with Crippen LogP contribution in [0.15, 0.2) is 59.5 Å². The Morgan fingerprint density at radius 2 is 1.48 bits per heavy atom. The molecule has 1 aliphatic carbocycles. The van der Waals surface area contributed by atoms with E-state index in [1.54, 1.807) is 20.3 Å². The summed E-state index contributed by atoms with van der Waals surface area (Å²) in [5, 5.41) is 11.8. The number of imidazole rings is 1. The smallest absolute Gasteiger partial charge is 0.327 e. The Kier molecular flexibility index (Phi) is 2.87. The fourth-order valence-electron chi connectivity index (χ4n) is 3.68. The van der Waals surface area contributed by atoms with E-state index in [9.17, 15) is 9.90 Å². The van der Waals surface area contributed by atoms with Gasteiger partial charge >= 0.3 is 5.69 Å². The number of aliphatic hydroxyl groups is 1. The zero-order chi connectivity index (χ0) is 16.2. The molecule has 1 aromatic heterocycles. The molecule has 4 heteroatoms. The molecule has 23 heavy (non-hydrogen) atoms. The first-order chi connectivity index (χ1) is 11.0. The first kappa shape index (κ1) is 14.0. The molecule has 0 aliphatic heterocycles. The minimum atomic E-state index is -1.32. The third-order valence-corrected chi connectivity index (χ3v) is 4.83. The van der Waals surface area contributed by atoms with Gasteiger partial charge in [-0.1, -0.05) is 48.5 Å². The summed E-state index contributed by atoms with van der Waals surface area (Å²) in [6.45, 7) is 0. The van der Waals surface area contributed by atoms with Crippen LogP contribution in [0.1, 0.15) is 27.9 Å². The van der Waals surface area contributed by atoms with Crippen molar-refractivity contribution in [2.45, 2.75) is 12.0 Å². The van der Waals surface area contributed by atoms with Crippen LogP contribution in [0.5, 0.6) is 0 Å². The molecule has 4 nitrogen and oxygen atoms in total. The van der Waals surface area contributed by atoms with Gasteiger partial charge in [0.05, 0.1) is 5.69 Å². The van der Waals surface area contributed by atoms with Crippen LogP contribution < -0.4 is 5.69 Å². The second-order valence-electron chi connectivity index (χ2n) is 6.17. The van der Waals surface area contributed by atoms with E-state index < -0.39 is 5.60 Å². The van der Waals surface area contributed by atoms with Crippen LogP contribution in [-0.2, 0) is 26.1 Å². The van der Waals surface area contributed by atoms with E-state index in [2.05, 4.69) is 0 Å². The van der Waals surface area contributed by atoms with E-state index in [4.69, 9.17) is 0 Å². The number of nitrogens with zero attached hydrogens (tertiary/aromatic N) is 2. The van der Waals surface area contributed by atoms with Crippen molar-refractivity contribution in [3.63, 3.8) is 0 Å². The maximum atomic E-state index is 12.2. The number of benzene rings is 2. The average Bonchev–Trinajstić information content (AvgIpc) is 2.83. The molecule has 0 fully saturated rings. The van der Waals surface area contributed by atoms with Crippen molar-refractivity contribution in [1.82, 2.24) is 9.13 Å². The molecular weight excluding hydrogens is 288 g/mol. The van der Waals surface area contributed by atoms with Crippen molar-refractivity contribution in [2.75, 3.05) is 0 Å². The first-order valence-corrected chi connectivity index (χ1v) is 7.65. The van der Waals surface area contributed by atoms with Crippen LogP contribution in [0.3, 0.4) is 0 Å². The predicted molar refractivity (Wildman–Crippen MR) is 88.4 cm³/mol. The maximum Gasteiger partial charge on any atom is 0.327 e. The summed E-state index contributed by atoms with van der Waals surface area (Å²) < 4.78 is 3.03. The zero-order valence-electron chi connectivity index (χ0n) is 13.2. The highest BCUT2D eigenvalue weighted by atomic mass is 16.3. The summed E-state index contributed by atoms with van der Waals surface area (Å²) in [6.07, 6.45) is 2.51. The Hall–Kier alpha value is -2.59. The SMILES string of the molecule is Cn1cc(C2(O)c3ccccc3Cc3ccccc32)n(C)c1=O. The topological polar surface area (TPSA) is 47.2 Å². The van der Waals surface area contributed by atoms with Crippen LogP contribution >= 0.6 is 0 Å². The predicted octanol–water partition coefficient (Wildman–Crippen LogP) is 1.91. The van der Waals surface area contributed by atoms with Crippen molar-refractivity contribution in [1.29, 1.82) is 0 Å². The lowest BCUT2D eigenvalue weighted by Gasteiger charge is -2.36. The molecule has 0 amide bonds. The van der Waals surface area contributed by atoms with Crippen LogP contribution in [0.2, 0.25) is 0 Å². The minimum Gasteiger partial charge on any atom is -0.374 e. The monoisotopic (exact) mass is 306 g/mol. The lowest BCUT2D eigenvalue weighted by molar-refractivity contribution is 0.113. The number of hydrogen-bond donors (Lipinski definition) is 1. The number of aromatic nitrogens is 2. The molecule has 1 aliphatic rings. The van der Waals surface area contributed by atoms with Gasteiger partial charge in [0.25, 0.3) is 0 Å². The largest absolute Gasteiger partial charge is 0.374 e. The molecule has 0 atom stereocenters. The van der Waals surface area contributed by atoms with Crippen LogP contribution in [-0.4, -0.2) is 14.2 Å². The van der Waals surface area contributed by atoms with Gasteiger partial charge in [-0.25, -0.2) is 4.79 Å². The quantitative estimate of drug-likeness (QED) is 0.746. The van der Waals surface area contributed by atoms with Crippen molar-refractivity contribution < 1.29 is 5.11 Å². The summed E-state index contributed by atoms with van der Waals surface area (Å²) in [6, 6.07) is 15.8. The summed E-state index contributed by atoms with van der Waals surface area (Å²) in [5.41, 5.74) is 2.99. The molecule has 0 unspecified atom stereocenters. The highest BCUT2D eigenvalue weighted by molar-refractivity contribution is 5.56. The van der Waals surface area contributed by atoms with E-state index in [0.717, 1.165) is 28.7 Å². The molecule has 1 N–H and O–H groups in total. The van der Waals surface area contributed by atoms with Crippen molar-refractivity contribution in [3.05, 3.63) is 93.2 Å². The molecule has 0 saturated carbocycles. The highest BCUT2D eigenvalue weighted by Gasteiger charge is 2.42. The average molecular weight is 306 g/mol. The Morgan fingerprint density at radius 3 is 1.96 bits per heavy atom. The van der Waals surface area contributed by atoms with Gasteiger partial charge in [0.15, 0.2) is 5.60 Å². The fraction of sp³-hybridized carbons (Fsp3) is 0.211. The third-order valence-electron chi connectivity index (χ3n) is 4.83. The van der Waals surface area contributed by atoms with Gasteiger partial charge < -0.3 is 9.67 Å². The van der Waals surface area contributed by atoms with Gasteiger partial charge in [0.2, 0.25) is 0 Å². The normalized spacial score (nSPS) is 15.1. The molecule has 4 rings (SSSR count). The van der Waals surface area contributed by atoms with Gasteiger partial charge in [-0.3, -0.25) is 4.57 Å². The minimum absolute atomic E-state index is 0.144.